The van der Waals surface area contributed by atoms with Crippen LogP contribution in [0.15, 0.2) is 48.5 Å². The summed E-state index contributed by atoms with van der Waals surface area (Å²) in [5.41, 5.74) is 9.34. The molecule has 132 valence electrons. The molecule has 4 heteroatoms. The zero-order chi connectivity index (χ0) is 17.8. The minimum absolute atomic E-state index is 0.0165. The maximum atomic E-state index is 12.7. The van der Waals surface area contributed by atoms with E-state index in [0.29, 0.717) is 6.54 Å². The van der Waals surface area contributed by atoms with Gasteiger partial charge in [-0.2, -0.15) is 0 Å². The van der Waals surface area contributed by atoms with Gasteiger partial charge in [0.15, 0.2) is 6.10 Å². The van der Waals surface area contributed by atoms with Gasteiger partial charge in [-0.3, -0.25) is 4.79 Å². The molecule has 1 amide bonds. The van der Waals surface area contributed by atoms with Crippen LogP contribution in [-0.2, 0) is 11.2 Å². The van der Waals surface area contributed by atoms with Crippen LogP contribution in [0.4, 0.5) is 5.69 Å². The molecular formula is C21H26N2O2. The SMILES string of the molecule is CCC(N)c1ccc2c(c1)N(CCCc1ccccc1)C(=O)C(C)O2. The van der Waals surface area contributed by atoms with E-state index in [1.165, 1.54) is 5.56 Å². The molecule has 0 saturated heterocycles. The standard InChI is InChI=1S/C21H26N2O2/c1-3-18(22)17-11-12-20-19(14-17)23(21(24)15(2)25-20)13-7-10-16-8-5-4-6-9-16/h4-6,8-9,11-12,14-15,18H,3,7,10,13,22H2,1-2H3. The molecule has 0 aromatic heterocycles. The highest BCUT2D eigenvalue weighted by molar-refractivity contribution is 5.99. The molecule has 25 heavy (non-hydrogen) atoms. The fourth-order valence-corrected chi connectivity index (χ4v) is 3.21. The van der Waals surface area contributed by atoms with Crippen molar-refractivity contribution in [2.75, 3.05) is 11.4 Å². The molecule has 2 atom stereocenters. The van der Waals surface area contributed by atoms with Crippen molar-refractivity contribution >= 4 is 11.6 Å². The van der Waals surface area contributed by atoms with Crippen LogP contribution in [0.25, 0.3) is 0 Å². The molecular weight excluding hydrogens is 312 g/mol. The largest absolute Gasteiger partial charge is 0.479 e. The maximum absolute atomic E-state index is 12.7. The normalized spacial score (nSPS) is 17.8. The van der Waals surface area contributed by atoms with E-state index < -0.39 is 6.10 Å². The predicted octanol–water partition coefficient (Wildman–Crippen LogP) is 3.84. The Hall–Kier alpha value is -2.33. The Bertz CT molecular complexity index is 730. The molecule has 1 aliphatic heterocycles. The van der Waals surface area contributed by atoms with E-state index in [1.54, 1.807) is 6.92 Å². The predicted molar refractivity (Wildman–Crippen MR) is 101 cm³/mol. The van der Waals surface area contributed by atoms with Gasteiger partial charge in [0.1, 0.15) is 5.75 Å². The Morgan fingerprint density at radius 1 is 1.20 bits per heavy atom. The number of benzene rings is 2. The number of hydrogen-bond acceptors (Lipinski definition) is 3. The highest BCUT2D eigenvalue weighted by Crippen LogP contribution is 2.36. The number of carbonyl (C=O) groups excluding carboxylic acids is 1. The Morgan fingerprint density at radius 2 is 1.96 bits per heavy atom. The highest BCUT2D eigenvalue weighted by Gasteiger charge is 2.31. The third-order valence-electron chi connectivity index (χ3n) is 4.75. The molecule has 2 unspecified atom stereocenters. The minimum atomic E-state index is -0.449. The summed E-state index contributed by atoms with van der Waals surface area (Å²) in [5, 5.41) is 0. The summed E-state index contributed by atoms with van der Waals surface area (Å²) in [4.78, 5) is 14.5. The first-order valence-corrected chi connectivity index (χ1v) is 9.01. The lowest BCUT2D eigenvalue weighted by Gasteiger charge is -2.33. The third kappa shape index (κ3) is 3.85. The number of rotatable bonds is 6. The molecule has 0 fully saturated rings. The smallest absolute Gasteiger partial charge is 0.267 e. The highest BCUT2D eigenvalue weighted by atomic mass is 16.5. The Balaban J connectivity index is 1.79. The van der Waals surface area contributed by atoms with Crippen LogP contribution >= 0.6 is 0 Å². The van der Waals surface area contributed by atoms with Gasteiger partial charge in [0.05, 0.1) is 5.69 Å². The number of hydrogen-bond donors (Lipinski definition) is 1. The van der Waals surface area contributed by atoms with Crippen LogP contribution in [-0.4, -0.2) is 18.6 Å². The van der Waals surface area contributed by atoms with Crippen LogP contribution in [0.1, 0.15) is 43.9 Å². The van der Waals surface area contributed by atoms with Crippen LogP contribution < -0.4 is 15.4 Å². The summed E-state index contributed by atoms with van der Waals surface area (Å²) in [7, 11) is 0. The number of amides is 1. The Morgan fingerprint density at radius 3 is 2.68 bits per heavy atom. The van der Waals surface area contributed by atoms with Crippen LogP contribution in [0, 0.1) is 0 Å². The number of carbonyl (C=O) groups is 1. The monoisotopic (exact) mass is 338 g/mol. The maximum Gasteiger partial charge on any atom is 0.267 e. The molecule has 0 bridgehead atoms. The van der Waals surface area contributed by atoms with Crippen molar-refractivity contribution in [2.24, 2.45) is 5.73 Å². The van der Waals surface area contributed by atoms with E-state index >= 15 is 0 Å². The first-order chi connectivity index (χ1) is 12.1. The third-order valence-corrected chi connectivity index (χ3v) is 4.75. The minimum Gasteiger partial charge on any atom is -0.479 e. The second-order valence-electron chi connectivity index (χ2n) is 6.58. The van der Waals surface area contributed by atoms with E-state index in [9.17, 15) is 4.79 Å². The molecule has 0 saturated carbocycles. The van der Waals surface area contributed by atoms with Crippen molar-refractivity contribution in [3.63, 3.8) is 0 Å². The van der Waals surface area contributed by atoms with Crippen molar-refractivity contribution in [1.82, 2.24) is 0 Å². The second kappa shape index (κ2) is 7.70. The summed E-state index contributed by atoms with van der Waals surface area (Å²) >= 11 is 0. The van der Waals surface area contributed by atoms with Gasteiger partial charge >= 0.3 is 0 Å². The zero-order valence-corrected chi connectivity index (χ0v) is 14.9. The lowest BCUT2D eigenvalue weighted by Crippen LogP contribution is -2.45. The van der Waals surface area contributed by atoms with Crippen molar-refractivity contribution < 1.29 is 9.53 Å². The Kier molecular flexibility index (Phi) is 5.39. The van der Waals surface area contributed by atoms with Crippen LogP contribution in [0.5, 0.6) is 5.75 Å². The number of anilines is 1. The van der Waals surface area contributed by atoms with E-state index in [2.05, 4.69) is 19.1 Å². The lowest BCUT2D eigenvalue weighted by molar-refractivity contribution is -0.125. The first-order valence-electron chi connectivity index (χ1n) is 9.01. The summed E-state index contributed by atoms with van der Waals surface area (Å²) < 4.78 is 5.78. The average molecular weight is 338 g/mol. The van der Waals surface area contributed by atoms with Crippen LogP contribution in [0.3, 0.4) is 0 Å². The molecule has 2 aromatic carbocycles. The molecule has 2 N–H and O–H groups in total. The molecule has 1 heterocycles. The topological polar surface area (TPSA) is 55.6 Å². The Labute approximate surface area is 149 Å². The van der Waals surface area contributed by atoms with Crippen molar-refractivity contribution in [1.29, 1.82) is 0 Å². The van der Waals surface area contributed by atoms with E-state index in [1.807, 2.05) is 41.3 Å². The number of nitrogens with zero attached hydrogens (tertiary/aromatic N) is 1. The number of ether oxygens (including phenoxy) is 1. The quantitative estimate of drug-likeness (QED) is 0.870. The fraction of sp³-hybridized carbons (Fsp3) is 0.381. The van der Waals surface area contributed by atoms with E-state index in [4.69, 9.17) is 10.5 Å². The molecule has 4 nitrogen and oxygen atoms in total. The number of nitrogens with two attached hydrogens (primary N) is 1. The van der Waals surface area contributed by atoms with Gasteiger partial charge in [-0.25, -0.2) is 0 Å². The van der Waals surface area contributed by atoms with Crippen molar-refractivity contribution in [3.8, 4) is 5.75 Å². The fourth-order valence-electron chi connectivity index (χ4n) is 3.21. The van der Waals surface area contributed by atoms with Gasteiger partial charge in [-0.15, -0.1) is 0 Å². The van der Waals surface area contributed by atoms with Gasteiger partial charge in [0.25, 0.3) is 5.91 Å². The summed E-state index contributed by atoms with van der Waals surface area (Å²) in [6, 6.07) is 16.3. The van der Waals surface area contributed by atoms with Gasteiger partial charge in [-0.1, -0.05) is 43.3 Å². The second-order valence-corrected chi connectivity index (χ2v) is 6.58. The first kappa shape index (κ1) is 17.5. The lowest BCUT2D eigenvalue weighted by atomic mass is 10.0. The van der Waals surface area contributed by atoms with Gasteiger partial charge in [-0.05, 0) is 49.4 Å². The summed E-state index contributed by atoms with van der Waals surface area (Å²) in [6.45, 7) is 4.55. The number of aryl methyl sites for hydroxylation is 1. The zero-order valence-electron chi connectivity index (χ0n) is 14.9. The van der Waals surface area contributed by atoms with Crippen LogP contribution in [0.2, 0.25) is 0 Å². The molecule has 0 spiro atoms. The van der Waals surface area contributed by atoms with Crippen molar-refractivity contribution in [2.45, 2.75) is 45.3 Å². The summed E-state index contributed by atoms with van der Waals surface area (Å²) in [6.07, 6.45) is 2.27. The molecule has 0 aliphatic carbocycles. The molecule has 0 radical (unpaired) electrons. The van der Waals surface area contributed by atoms with Gasteiger partial charge < -0.3 is 15.4 Å². The van der Waals surface area contributed by atoms with Crippen molar-refractivity contribution in [3.05, 3.63) is 59.7 Å². The van der Waals surface area contributed by atoms with Gasteiger partial charge in [0.2, 0.25) is 0 Å². The van der Waals surface area contributed by atoms with E-state index in [-0.39, 0.29) is 11.9 Å². The molecule has 2 aromatic rings. The van der Waals surface area contributed by atoms with E-state index in [0.717, 1.165) is 36.3 Å². The number of fused-ring (bicyclic) bond motifs is 1. The van der Waals surface area contributed by atoms with Gasteiger partial charge in [0, 0.05) is 12.6 Å². The molecule has 3 rings (SSSR count). The molecule has 1 aliphatic rings. The average Bonchev–Trinajstić information content (AvgIpc) is 2.64. The summed E-state index contributed by atoms with van der Waals surface area (Å²) in [5.74, 6) is 0.779.